The molecule has 1 atom stereocenters. The summed E-state index contributed by atoms with van der Waals surface area (Å²) in [7, 11) is 1.68. The first-order chi connectivity index (χ1) is 5.81. The van der Waals surface area contributed by atoms with E-state index >= 15 is 0 Å². The molecule has 0 saturated carbocycles. The first-order valence-corrected chi connectivity index (χ1v) is 4.47. The van der Waals surface area contributed by atoms with E-state index in [1.807, 2.05) is 0 Å². The Labute approximate surface area is 77.1 Å². The summed E-state index contributed by atoms with van der Waals surface area (Å²) < 4.78 is 5.21. The van der Waals surface area contributed by atoms with Gasteiger partial charge in [-0.1, -0.05) is 6.92 Å². The van der Waals surface area contributed by atoms with Crippen molar-refractivity contribution in [1.29, 1.82) is 0 Å². The molecule has 0 saturated heterocycles. The molecule has 0 amide bonds. The molecule has 1 aromatic heterocycles. The lowest BCUT2D eigenvalue weighted by Gasteiger charge is -2.08. The highest BCUT2D eigenvalue weighted by Gasteiger charge is 2.10. The lowest BCUT2D eigenvalue weighted by atomic mass is 10.3. The highest BCUT2D eigenvalue weighted by molar-refractivity contribution is 6.16. The topological polar surface area (TPSA) is 37.9 Å². The number of rotatable bonds is 4. The van der Waals surface area contributed by atoms with Gasteiger partial charge in [0.1, 0.15) is 11.9 Å². The number of methoxy groups -OCH3 is 1. The third-order valence-electron chi connectivity index (χ3n) is 1.75. The van der Waals surface area contributed by atoms with Crippen LogP contribution in [0.15, 0.2) is 6.20 Å². The third-order valence-corrected chi connectivity index (χ3v) is 2.04. The van der Waals surface area contributed by atoms with Crippen molar-refractivity contribution >= 4 is 11.6 Å². The summed E-state index contributed by atoms with van der Waals surface area (Å²) in [5.41, 5.74) is 0.933. The van der Waals surface area contributed by atoms with Gasteiger partial charge in [-0.05, 0) is 6.42 Å². The van der Waals surface area contributed by atoms with Crippen LogP contribution >= 0.6 is 11.6 Å². The minimum Gasteiger partial charge on any atom is -0.374 e. The van der Waals surface area contributed by atoms with E-state index in [4.69, 9.17) is 16.3 Å². The van der Waals surface area contributed by atoms with E-state index in [1.54, 1.807) is 13.3 Å². The van der Waals surface area contributed by atoms with Crippen LogP contribution in [0.5, 0.6) is 0 Å². The van der Waals surface area contributed by atoms with Gasteiger partial charge >= 0.3 is 0 Å². The fraction of sp³-hybridized carbons (Fsp3) is 0.625. The minimum atomic E-state index is 0.0574. The van der Waals surface area contributed by atoms with Crippen LogP contribution < -0.4 is 0 Å². The van der Waals surface area contributed by atoms with Crippen LogP contribution in [0, 0.1) is 0 Å². The number of ether oxygens (including phenoxy) is 1. The van der Waals surface area contributed by atoms with E-state index < -0.39 is 0 Å². The Kier molecular flexibility index (Phi) is 3.56. The Morgan fingerprint density at radius 2 is 2.50 bits per heavy atom. The summed E-state index contributed by atoms with van der Waals surface area (Å²) >= 11 is 5.62. The van der Waals surface area contributed by atoms with Gasteiger partial charge in [-0.15, -0.1) is 11.6 Å². The zero-order chi connectivity index (χ0) is 8.97. The molecular weight excluding hydrogens is 176 g/mol. The van der Waals surface area contributed by atoms with Crippen LogP contribution in [0.3, 0.4) is 0 Å². The molecule has 1 unspecified atom stereocenters. The molecule has 0 fully saturated rings. The molecule has 1 aromatic rings. The number of imidazole rings is 1. The average molecular weight is 189 g/mol. The van der Waals surface area contributed by atoms with Gasteiger partial charge in [0.2, 0.25) is 0 Å². The van der Waals surface area contributed by atoms with Crippen LogP contribution in [-0.2, 0) is 10.6 Å². The second kappa shape index (κ2) is 4.48. The average Bonchev–Trinajstić information content (AvgIpc) is 2.55. The van der Waals surface area contributed by atoms with Gasteiger partial charge < -0.3 is 9.72 Å². The molecule has 0 spiro atoms. The molecule has 68 valence electrons. The molecule has 12 heavy (non-hydrogen) atoms. The summed E-state index contributed by atoms with van der Waals surface area (Å²) in [6.45, 7) is 2.05. The molecular formula is C8H13ClN2O. The molecule has 0 radical (unpaired) electrons. The molecule has 1 N–H and O–H groups in total. The number of H-pyrrole nitrogens is 1. The first kappa shape index (κ1) is 9.55. The number of halogens is 1. The molecule has 0 bridgehead atoms. The van der Waals surface area contributed by atoms with Gasteiger partial charge in [0.05, 0.1) is 5.88 Å². The maximum atomic E-state index is 5.62. The fourth-order valence-electron chi connectivity index (χ4n) is 1.08. The van der Waals surface area contributed by atoms with Crippen molar-refractivity contribution in [3.63, 3.8) is 0 Å². The van der Waals surface area contributed by atoms with Gasteiger partial charge in [0.25, 0.3) is 0 Å². The summed E-state index contributed by atoms with van der Waals surface area (Å²) in [4.78, 5) is 7.26. The van der Waals surface area contributed by atoms with Gasteiger partial charge in [-0.2, -0.15) is 0 Å². The molecule has 4 heteroatoms. The molecule has 0 aliphatic heterocycles. The second-order valence-corrected chi connectivity index (χ2v) is 2.83. The molecule has 3 nitrogen and oxygen atoms in total. The molecule has 1 rings (SSSR count). The van der Waals surface area contributed by atoms with Crippen LogP contribution in [-0.4, -0.2) is 17.1 Å². The highest BCUT2D eigenvalue weighted by atomic mass is 35.5. The second-order valence-electron chi connectivity index (χ2n) is 2.56. The molecule has 1 heterocycles. The number of hydrogen-bond acceptors (Lipinski definition) is 2. The SMILES string of the molecule is CCC(OC)c1ncc(CCl)[nH]1. The standard InChI is InChI=1S/C8H13ClN2O/c1-3-7(12-2)8-10-5-6(4-9)11-8/h5,7H,3-4H2,1-2H3,(H,10,11). The molecule has 0 aliphatic carbocycles. The third kappa shape index (κ3) is 1.99. The Balaban J connectivity index is 2.72. The normalized spacial score (nSPS) is 13.2. The predicted octanol–water partition coefficient (Wildman–Crippen LogP) is 2.25. The number of alkyl halides is 1. The van der Waals surface area contributed by atoms with Crippen LogP contribution in [0.4, 0.5) is 0 Å². The van der Waals surface area contributed by atoms with E-state index in [1.165, 1.54) is 0 Å². The minimum absolute atomic E-state index is 0.0574. The molecule has 0 aromatic carbocycles. The van der Waals surface area contributed by atoms with Gasteiger partial charge in [-0.25, -0.2) is 4.98 Å². The van der Waals surface area contributed by atoms with E-state index in [-0.39, 0.29) is 6.10 Å². The summed E-state index contributed by atoms with van der Waals surface area (Å²) in [6, 6.07) is 0. The van der Waals surface area contributed by atoms with Crippen molar-refractivity contribution in [3.8, 4) is 0 Å². The highest BCUT2D eigenvalue weighted by Crippen LogP contribution is 2.16. The Morgan fingerprint density at radius 3 is 2.92 bits per heavy atom. The zero-order valence-corrected chi connectivity index (χ0v) is 8.06. The summed E-state index contributed by atoms with van der Waals surface area (Å²) in [5, 5.41) is 0. The monoisotopic (exact) mass is 188 g/mol. The Morgan fingerprint density at radius 1 is 1.75 bits per heavy atom. The van der Waals surface area contributed by atoms with Crippen LogP contribution in [0.2, 0.25) is 0 Å². The fourth-order valence-corrected chi connectivity index (χ4v) is 1.22. The zero-order valence-electron chi connectivity index (χ0n) is 7.30. The van der Waals surface area contributed by atoms with Crippen molar-refractivity contribution in [2.45, 2.75) is 25.3 Å². The lowest BCUT2D eigenvalue weighted by molar-refractivity contribution is 0.0932. The summed E-state index contributed by atoms with van der Waals surface area (Å²) in [6.07, 6.45) is 2.71. The maximum Gasteiger partial charge on any atom is 0.135 e. The number of hydrogen-bond donors (Lipinski definition) is 1. The van der Waals surface area contributed by atoms with E-state index in [0.29, 0.717) is 5.88 Å². The maximum absolute atomic E-state index is 5.62. The molecule has 0 aliphatic rings. The van der Waals surface area contributed by atoms with E-state index in [9.17, 15) is 0 Å². The first-order valence-electron chi connectivity index (χ1n) is 3.94. The number of aromatic amines is 1. The smallest absolute Gasteiger partial charge is 0.135 e. The lowest BCUT2D eigenvalue weighted by Crippen LogP contribution is -2.01. The van der Waals surface area contributed by atoms with Crippen molar-refractivity contribution < 1.29 is 4.74 Å². The van der Waals surface area contributed by atoms with E-state index in [2.05, 4.69) is 16.9 Å². The van der Waals surface area contributed by atoms with Crippen molar-refractivity contribution in [3.05, 3.63) is 17.7 Å². The van der Waals surface area contributed by atoms with Crippen molar-refractivity contribution in [2.75, 3.05) is 7.11 Å². The number of nitrogens with one attached hydrogen (secondary N) is 1. The van der Waals surface area contributed by atoms with Crippen molar-refractivity contribution in [1.82, 2.24) is 9.97 Å². The van der Waals surface area contributed by atoms with Crippen LogP contribution in [0.1, 0.15) is 31.0 Å². The van der Waals surface area contributed by atoms with Gasteiger partial charge in [0, 0.05) is 19.0 Å². The van der Waals surface area contributed by atoms with Crippen LogP contribution in [0.25, 0.3) is 0 Å². The Bertz CT molecular complexity index is 233. The predicted molar refractivity (Wildman–Crippen MR) is 48.2 cm³/mol. The summed E-state index contributed by atoms with van der Waals surface area (Å²) in [5.74, 6) is 1.32. The van der Waals surface area contributed by atoms with Crippen molar-refractivity contribution in [2.24, 2.45) is 0 Å². The Hall–Kier alpha value is -0.540. The van der Waals surface area contributed by atoms with E-state index in [0.717, 1.165) is 17.9 Å². The number of nitrogens with zero attached hydrogens (tertiary/aromatic N) is 1. The largest absolute Gasteiger partial charge is 0.374 e. The quantitative estimate of drug-likeness (QED) is 0.736. The van der Waals surface area contributed by atoms with Gasteiger partial charge in [0.15, 0.2) is 0 Å². The van der Waals surface area contributed by atoms with Gasteiger partial charge in [-0.3, -0.25) is 0 Å². The number of aromatic nitrogens is 2.